The zero-order valence-electron chi connectivity index (χ0n) is 20.9. The molecule has 1 N–H and O–H groups in total. The lowest BCUT2D eigenvalue weighted by Crippen LogP contribution is -2.48. The first kappa shape index (κ1) is 28.5. The molecule has 37 heavy (non-hydrogen) atoms. The second-order valence-electron chi connectivity index (χ2n) is 8.09. The van der Waals surface area contributed by atoms with Gasteiger partial charge in [-0.1, -0.05) is 12.1 Å². The number of hydrogen-bond donors (Lipinski definition) is 1. The van der Waals surface area contributed by atoms with Crippen LogP contribution in [0.3, 0.4) is 0 Å². The van der Waals surface area contributed by atoms with Gasteiger partial charge in [-0.2, -0.15) is 13.2 Å². The highest BCUT2D eigenvalue weighted by molar-refractivity contribution is 7.99. The minimum atomic E-state index is -4.49. The summed E-state index contributed by atoms with van der Waals surface area (Å²) in [5.41, 5.74) is -0.159. The fraction of sp³-hybridized carbons (Fsp3) is 0.440. The van der Waals surface area contributed by atoms with Crippen molar-refractivity contribution >= 4 is 23.6 Å². The summed E-state index contributed by atoms with van der Waals surface area (Å²) in [6.07, 6.45) is -3.90. The van der Waals surface area contributed by atoms with Gasteiger partial charge in [0, 0.05) is 31.6 Å². The molecule has 1 aliphatic heterocycles. The van der Waals surface area contributed by atoms with Gasteiger partial charge in [-0.05, 0) is 36.2 Å². The molecule has 2 atom stereocenters. The third-order valence-corrected chi connectivity index (χ3v) is 7.12. The minimum absolute atomic E-state index is 0.172. The Hall–Kier alpha value is -3.12. The Kier molecular flexibility index (Phi) is 9.55. The Balaban J connectivity index is 1.99. The number of benzene rings is 2. The molecule has 0 aliphatic carbocycles. The molecule has 8 nitrogen and oxygen atoms in total. The molecule has 0 spiro atoms. The molecule has 2 unspecified atom stereocenters. The van der Waals surface area contributed by atoms with Gasteiger partial charge in [0.2, 0.25) is 11.7 Å². The molecule has 0 saturated carbocycles. The van der Waals surface area contributed by atoms with Crippen LogP contribution in [0.4, 0.5) is 13.2 Å². The molecular weight excluding hydrogens is 513 g/mol. The highest BCUT2D eigenvalue weighted by atomic mass is 32.2. The minimum Gasteiger partial charge on any atom is -0.493 e. The van der Waals surface area contributed by atoms with Gasteiger partial charge in [0.05, 0.1) is 26.9 Å². The summed E-state index contributed by atoms with van der Waals surface area (Å²) in [5, 5.41) is 2.12. The van der Waals surface area contributed by atoms with E-state index in [1.807, 2.05) is 0 Å². The first-order valence-corrected chi connectivity index (χ1v) is 12.4. The molecule has 1 aliphatic rings. The van der Waals surface area contributed by atoms with Crippen molar-refractivity contribution in [2.24, 2.45) is 0 Å². The second-order valence-corrected chi connectivity index (χ2v) is 9.20. The molecule has 3 rings (SSSR count). The quantitative estimate of drug-likeness (QED) is 0.452. The largest absolute Gasteiger partial charge is 0.493 e. The van der Waals surface area contributed by atoms with E-state index >= 15 is 0 Å². The van der Waals surface area contributed by atoms with Crippen molar-refractivity contribution in [3.05, 3.63) is 53.1 Å². The molecular formula is C25H29F3N2O6S. The van der Waals surface area contributed by atoms with E-state index in [2.05, 4.69) is 5.32 Å². The Labute approximate surface area is 217 Å². The molecule has 1 heterocycles. The van der Waals surface area contributed by atoms with Gasteiger partial charge in [0.1, 0.15) is 11.4 Å². The van der Waals surface area contributed by atoms with Crippen molar-refractivity contribution < 1.29 is 41.7 Å². The number of methoxy groups -OCH3 is 4. The summed E-state index contributed by atoms with van der Waals surface area (Å²) in [6, 6.07) is 6.69. The number of carbonyl (C=O) groups is 2. The van der Waals surface area contributed by atoms with Gasteiger partial charge in [-0.15, -0.1) is 11.8 Å². The van der Waals surface area contributed by atoms with Crippen LogP contribution in [0.5, 0.6) is 17.2 Å². The standard InChI is InChI=1S/C25H29F3N2O6S/c1-33-11-5-10-29-22(31)18-14-37-24(15-6-8-17(9-7-15)25(26,27)28)30(18)23(32)16-12-19(34-2)21(36-4)20(13-16)35-3/h6-9,12-13,18,24H,5,10-11,14H2,1-4H3,(H,29,31). The Bertz CT molecular complexity index is 1070. The molecule has 0 bridgehead atoms. The van der Waals surface area contributed by atoms with Crippen LogP contribution in [0.1, 0.15) is 33.3 Å². The lowest BCUT2D eigenvalue weighted by molar-refractivity contribution is -0.137. The maximum Gasteiger partial charge on any atom is 0.416 e. The maximum absolute atomic E-state index is 13.9. The van der Waals surface area contributed by atoms with Crippen LogP contribution in [0.15, 0.2) is 36.4 Å². The molecule has 2 aromatic rings. The van der Waals surface area contributed by atoms with Crippen molar-refractivity contribution in [1.82, 2.24) is 10.2 Å². The summed E-state index contributed by atoms with van der Waals surface area (Å²) in [4.78, 5) is 28.3. The van der Waals surface area contributed by atoms with E-state index in [-0.39, 0.29) is 28.7 Å². The van der Waals surface area contributed by atoms with Crippen molar-refractivity contribution in [2.45, 2.75) is 24.0 Å². The van der Waals surface area contributed by atoms with Crippen LogP contribution in [0, 0.1) is 0 Å². The molecule has 202 valence electrons. The number of halogens is 3. The van der Waals surface area contributed by atoms with Crippen LogP contribution in [-0.2, 0) is 15.7 Å². The molecule has 2 amide bonds. The van der Waals surface area contributed by atoms with Gasteiger partial charge in [-0.3, -0.25) is 9.59 Å². The van der Waals surface area contributed by atoms with E-state index in [0.717, 1.165) is 12.1 Å². The summed E-state index contributed by atoms with van der Waals surface area (Å²) in [7, 11) is 5.82. The lowest BCUT2D eigenvalue weighted by atomic mass is 10.1. The highest BCUT2D eigenvalue weighted by Gasteiger charge is 2.43. The zero-order valence-corrected chi connectivity index (χ0v) is 21.7. The van der Waals surface area contributed by atoms with E-state index in [1.54, 1.807) is 7.11 Å². The third kappa shape index (κ3) is 6.42. The number of nitrogens with zero attached hydrogens (tertiary/aromatic N) is 1. The predicted octanol–water partition coefficient (Wildman–Crippen LogP) is 4.14. The van der Waals surface area contributed by atoms with Gasteiger partial charge in [0.15, 0.2) is 11.5 Å². The maximum atomic E-state index is 13.9. The number of ether oxygens (including phenoxy) is 4. The second kappa shape index (κ2) is 12.4. The van der Waals surface area contributed by atoms with E-state index in [0.29, 0.717) is 30.9 Å². The van der Waals surface area contributed by atoms with Gasteiger partial charge < -0.3 is 29.2 Å². The summed E-state index contributed by atoms with van der Waals surface area (Å²) < 4.78 is 60.4. The van der Waals surface area contributed by atoms with Crippen molar-refractivity contribution in [3.63, 3.8) is 0 Å². The van der Waals surface area contributed by atoms with E-state index in [9.17, 15) is 22.8 Å². The number of rotatable bonds is 10. The fourth-order valence-corrected chi connectivity index (χ4v) is 5.38. The number of alkyl halides is 3. The Morgan fingerprint density at radius 2 is 1.65 bits per heavy atom. The number of thioether (sulfide) groups is 1. The van der Waals surface area contributed by atoms with E-state index < -0.39 is 29.1 Å². The third-order valence-electron chi connectivity index (χ3n) is 5.80. The molecule has 1 saturated heterocycles. The topological polar surface area (TPSA) is 86.3 Å². The smallest absolute Gasteiger partial charge is 0.416 e. The average Bonchev–Trinajstić information content (AvgIpc) is 3.34. The molecule has 2 aromatic carbocycles. The predicted molar refractivity (Wildman–Crippen MR) is 132 cm³/mol. The van der Waals surface area contributed by atoms with Crippen LogP contribution < -0.4 is 19.5 Å². The summed E-state index contributed by atoms with van der Waals surface area (Å²) in [5.74, 6) is 0.194. The van der Waals surface area contributed by atoms with Crippen LogP contribution in [0.2, 0.25) is 0 Å². The first-order chi connectivity index (χ1) is 17.7. The van der Waals surface area contributed by atoms with Crippen LogP contribution in [-0.4, -0.2) is 70.1 Å². The SMILES string of the molecule is COCCCNC(=O)C1CSC(c2ccc(C(F)(F)F)cc2)N1C(=O)c1cc(OC)c(OC)c(OC)c1. The van der Waals surface area contributed by atoms with Gasteiger partial charge in [-0.25, -0.2) is 0 Å². The summed E-state index contributed by atoms with van der Waals surface area (Å²) >= 11 is 1.30. The average molecular weight is 543 g/mol. The van der Waals surface area contributed by atoms with Crippen molar-refractivity contribution in [2.75, 3.05) is 47.3 Å². The Morgan fingerprint density at radius 1 is 1.03 bits per heavy atom. The van der Waals surface area contributed by atoms with Gasteiger partial charge >= 0.3 is 6.18 Å². The van der Waals surface area contributed by atoms with Crippen LogP contribution >= 0.6 is 11.8 Å². The fourth-order valence-electron chi connectivity index (χ4n) is 3.95. The lowest BCUT2D eigenvalue weighted by Gasteiger charge is -2.29. The first-order valence-electron chi connectivity index (χ1n) is 11.3. The number of nitrogens with one attached hydrogen (secondary N) is 1. The van der Waals surface area contributed by atoms with E-state index in [4.69, 9.17) is 18.9 Å². The number of hydrogen-bond acceptors (Lipinski definition) is 7. The van der Waals surface area contributed by atoms with Crippen molar-refractivity contribution in [1.29, 1.82) is 0 Å². The zero-order chi connectivity index (χ0) is 27.2. The number of carbonyl (C=O) groups excluding carboxylic acids is 2. The monoisotopic (exact) mass is 542 g/mol. The Morgan fingerprint density at radius 3 is 2.16 bits per heavy atom. The summed E-state index contributed by atoms with van der Waals surface area (Å²) in [6.45, 7) is 0.812. The number of amides is 2. The van der Waals surface area contributed by atoms with Crippen molar-refractivity contribution in [3.8, 4) is 17.2 Å². The molecule has 0 radical (unpaired) electrons. The van der Waals surface area contributed by atoms with Gasteiger partial charge in [0.25, 0.3) is 5.91 Å². The normalized spacial score (nSPS) is 17.4. The molecule has 1 fully saturated rings. The molecule has 12 heteroatoms. The van der Waals surface area contributed by atoms with Crippen LogP contribution in [0.25, 0.3) is 0 Å². The van der Waals surface area contributed by atoms with E-state index in [1.165, 1.54) is 62.3 Å². The highest BCUT2D eigenvalue weighted by Crippen LogP contribution is 2.45. The molecule has 0 aromatic heterocycles.